The normalized spacial score (nSPS) is 29.4. The molecule has 0 unspecified atom stereocenters. The highest BCUT2D eigenvalue weighted by Gasteiger charge is 2.42. The van der Waals surface area contributed by atoms with E-state index in [-0.39, 0.29) is 12.1 Å². The molecule has 3 atom stereocenters. The van der Waals surface area contributed by atoms with E-state index in [4.69, 9.17) is 9.15 Å². The first-order valence-corrected chi connectivity index (χ1v) is 9.57. The number of nitrogens with zero attached hydrogens (tertiary/aromatic N) is 3. The van der Waals surface area contributed by atoms with Gasteiger partial charge in [-0.1, -0.05) is 0 Å². The Balaban J connectivity index is 1.29. The molecule has 2 amide bonds. The molecule has 6 heteroatoms. The second kappa shape index (κ2) is 7.38. The third-order valence-electron chi connectivity index (χ3n) is 5.94. The number of carbonyl (C=O) groups excluding carboxylic acids is 1. The van der Waals surface area contributed by atoms with Gasteiger partial charge in [0.2, 0.25) is 0 Å². The number of hydrogen-bond acceptors (Lipinski definition) is 4. The minimum Gasteiger partial charge on any atom is -0.468 e. The summed E-state index contributed by atoms with van der Waals surface area (Å²) in [6, 6.07) is 4.18. The summed E-state index contributed by atoms with van der Waals surface area (Å²) in [6.45, 7) is 6.11. The van der Waals surface area contributed by atoms with Crippen LogP contribution in [-0.2, 0) is 11.3 Å². The van der Waals surface area contributed by atoms with Gasteiger partial charge < -0.3 is 19.0 Å². The van der Waals surface area contributed by atoms with Crippen molar-refractivity contribution in [1.82, 2.24) is 14.7 Å². The zero-order valence-electron chi connectivity index (χ0n) is 15.1. The summed E-state index contributed by atoms with van der Waals surface area (Å²) in [6.07, 6.45) is 5.36. The highest BCUT2D eigenvalue weighted by atomic mass is 16.5. The Bertz CT molecular complexity index is 570. The van der Waals surface area contributed by atoms with E-state index in [0.717, 1.165) is 70.9 Å². The average molecular weight is 347 g/mol. The molecule has 3 saturated heterocycles. The highest BCUT2D eigenvalue weighted by Crippen LogP contribution is 2.35. The van der Waals surface area contributed by atoms with E-state index in [2.05, 4.69) is 16.8 Å². The predicted molar refractivity (Wildman–Crippen MR) is 94.2 cm³/mol. The maximum absolute atomic E-state index is 12.6. The minimum atomic E-state index is 0.245. The molecule has 4 rings (SSSR count). The molecule has 0 aliphatic carbocycles. The van der Waals surface area contributed by atoms with Crippen LogP contribution in [0.2, 0.25) is 0 Å². The lowest BCUT2D eigenvalue weighted by Gasteiger charge is -2.38. The third kappa shape index (κ3) is 3.70. The molecule has 25 heavy (non-hydrogen) atoms. The Hall–Kier alpha value is -1.53. The van der Waals surface area contributed by atoms with Gasteiger partial charge in [0.05, 0.1) is 25.5 Å². The van der Waals surface area contributed by atoms with Crippen molar-refractivity contribution in [3.05, 3.63) is 24.2 Å². The van der Waals surface area contributed by atoms with Gasteiger partial charge in [-0.3, -0.25) is 4.90 Å². The fourth-order valence-electron chi connectivity index (χ4n) is 4.60. The lowest BCUT2D eigenvalue weighted by molar-refractivity contribution is 0.0541. The van der Waals surface area contributed by atoms with Crippen LogP contribution in [-0.4, -0.2) is 73.2 Å². The van der Waals surface area contributed by atoms with Gasteiger partial charge >= 0.3 is 6.03 Å². The summed E-state index contributed by atoms with van der Waals surface area (Å²) in [4.78, 5) is 19.0. The first-order valence-electron chi connectivity index (χ1n) is 9.57. The maximum Gasteiger partial charge on any atom is 0.320 e. The van der Waals surface area contributed by atoms with E-state index in [1.807, 2.05) is 17.0 Å². The minimum absolute atomic E-state index is 0.245. The summed E-state index contributed by atoms with van der Waals surface area (Å²) in [5, 5.41) is 0. The number of amides is 2. The van der Waals surface area contributed by atoms with Gasteiger partial charge in [0.1, 0.15) is 5.76 Å². The molecule has 1 aromatic rings. The van der Waals surface area contributed by atoms with Crippen molar-refractivity contribution in [3.8, 4) is 0 Å². The van der Waals surface area contributed by atoms with Crippen LogP contribution in [0.1, 0.15) is 25.0 Å². The summed E-state index contributed by atoms with van der Waals surface area (Å²) in [5.74, 6) is 2.05. The first-order chi connectivity index (χ1) is 12.2. The van der Waals surface area contributed by atoms with Gasteiger partial charge in [0, 0.05) is 38.6 Å². The molecule has 0 spiro atoms. The van der Waals surface area contributed by atoms with E-state index in [1.54, 1.807) is 6.26 Å². The lowest BCUT2D eigenvalue weighted by atomic mass is 9.84. The summed E-state index contributed by atoms with van der Waals surface area (Å²) in [5.41, 5.74) is 0. The second-order valence-corrected chi connectivity index (χ2v) is 7.78. The third-order valence-corrected chi connectivity index (χ3v) is 5.94. The van der Waals surface area contributed by atoms with E-state index >= 15 is 0 Å². The quantitative estimate of drug-likeness (QED) is 0.838. The number of piperidine rings is 1. The van der Waals surface area contributed by atoms with Crippen molar-refractivity contribution in [1.29, 1.82) is 0 Å². The number of ether oxygens (including phenoxy) is 1. The topological polar surface area (TPSA) is 49.2 Å². The van der Waals surface area contributed by atoms with Gasteiger partial charge in [0.15, 0.2) is 0 Å². The van der Waals surface area contributed by atoms with Gasteiger partial charge in [-0.15, -0.1) is 0 Å². The summed E-state index contributed by atoms with van der Waals surface area (Å²) in [7, 11) is 2.12. The van der Waals surface area contributed by atoms with Crippen LogP contribution < -0.4 is 0 Å². The number of rotatable bonds is 4. The van der Waals surface area contributed by atoms with Crippen molar-refractivity contribution in [2.75, 3.05) is 46.4 Å². The first kappa shape index (κ1) is 16.9. The van der Waals surface area contributed by atoms with Crippen LogP contribution in [0, 0.1) is 11.8 Å². The molecule has 0 N–H and O–H groups in total. The molecule has 0 radical (unpaired) electrons. The van der Waals surface area contributed by atoms with E-state index in [1.165, 1.54) is 0 Å². The molecule has 0 aromatic carbocycles. The molecule has 3 fully saturated rings. The fraction of sp³-hybridized carbons (Fsp3) is 0.737. The van der Waals surface area contributed by atoms with Gasteiger partial charge in [-0.25, -0.2) is 4.79 Å². The molecule has 6 nitrogen and oxygen atoms in total. The van der Waals surface area contributed by atoms with Crippen LogP contribution >= 0.6 is 0 Å². The zero-order valence-corrected chi connectivity index (χ0v) is 15.1. The van der Waals surface area contributed by atoms with Crippen LogP contribution in [0.25, 0.3) is 0 Å². The highest BCUT2D eigenvalue weighted by molar-refractivity contribution is 5.74. The average Bonchev–Trinajstić information content (AvgIpc) is 3.36. The zero-order chi connectivity index (χ0) is 17.2. The molecular weight excluding hydrogens is 318 g/mol. The van der Waals surface area contributed by atoms with Gasteiger partial charge in [-0.05, 0) is 44.4 Å². The Kier molecular flexibility index (Phi) is 4.99. The van der Waals surface area contributed by atoms with Crippen LogP contribution in [0.4, 0.5) is 4.79 Å². The number of furan rings is 1. The molecule has 3 aliphatic heterocycles. The van der Waals surface area contributed by atoms with Crippen molar-refractivity contribution in [3.63, 3.8) is 0 Å². The Morgan fingerprint density at radius 2 is 2.12 bits per heavy atom. The van der Waals surface area contributed by atoms with Crippen molar-refractivity contribution in [2.24, 2.45) is 11.8 Å². The molecule has 0 saturated carbocycles. The summed E-state index contributed by atoms with van der Waals surface area (Å²) >= 11 is 0. The summed E-state index contributed by atoms with van der Waals surface area (Å²) < 4.78 is 11.6. The molecule has 1 aromatic heterocycles. The number of hydrogen-bond donors (Lipinski definition) is 0. The molecule has 4 heterocycles. The van der Waals surface area contributed by atoms with Crippen LogP contribution in [0.5, 0.6) is 0 Å². The van der Waals surface area contributed by atoms with Crippen molar-refractivity contribution in [2.45, 2.75) is 31.9 Å². The Morgan fingerprint density at radius 3 is 2.88 bits per heavy atom. The standard InChI is InChI=1S/C19H29N3O3/c1-20(12-16-5-4-10-24-16)13-18-17-6-9-22(11-15(17)14-25-18)19(23)21-7-2-3-8-21/h4-5,10,15,17-18H,2-3,6-9,11-14H2,1H3/t15-,17-,18+/m1/s1. The number of fused-ring (bicyclic) bond motifs is 1. The van der Waals surface area contributed by atoms with E-state index in [0.29, 0.717) is 11.8 Å². The predicted octanol–water partition coefficient (Wildman–Crippen LogP) is 2.26. The maximum atomic E-state index is 12.6. The second-order valence-electron chi connectivity index (χ2n) is 7.78. The number of likely N-dealkylation sites (tertiary alicyclic amines) is 2. The molecule has 3 aliphatic rings. The number of likely N-dealkylation sites (N-methyl/N-ethyl adjacent to an activating group) is 1. The van der Waals surface area contributed by atoms with Gasteiger partial charge in [0.25, 0.3) is 0 Å². The van der Waals surface area contributed by atoms with E-state index in [9.17, 15) is 4.79 Å². The number of carbonyl (C=O) groups is 1. The smallest absolute Gasteiger partial charge is 0.320 e. The monoisotopic (exact) mass is 347 g/mol. The molecular formula is C19H29N3O3. The molecule has 0 bridgehead atoms. The Morgan fingerprint density at radius 1 is 1.28 bits per heavy atom. The SMILES string of the molecule is CN(Cc1ccco1)C[C@@H]1OC[C@H]2CN(C(=O)N3CCCC3)CC[C@H]21. The van der Waals surface area contributed by atoms with Crippen molar-refractivity contribution >= 4 is 6.03 Å². The van der Waals surface area contributed by atoms with Crippen LogP contribution in [0.15, 0.2) is 22.8 Å². The molecule has 138 valence electrons. The van der Waals surface area contributed by atoms with Crippen LogP contribution in [0.3, 0.4) is 0 Å². The Labute approximate surface area is 149 Å². The number of urea groups is 1. The fourth-order valence-corrected chi connectivity index (χ4v) is 4.60. The van der Waals surface area contributed by atoms with Crippen molar-refractivity contribution < 1.29 is 13.9 Å². The largest absolute Gasteiger partial charge is 0.468 e. The van der Waals surface area contributed by atoms with E-state index < -0.39 is 0 Å². The van der Waals surface area contributed by atoms with Gasteiger partial charge in [-0.2, -0.15) is 0 Å². The lowest BCUT2D eigenvalue weighted by Crippen LogP contribution is -2.50.